The van der Waals surface area contributed by atoms with Crippen LogP contribution in [0.5, 0.6) is 0 Å². The molecule has 4 heteroatoms. The summed E-state index contributed by atoms with van der Waals surface area (Å²) in [6, 6.07) is 7.71. The Morgan fingerprint density at radius 3 is 2.78 bits per heavy atom. The lowest BCUT2D eigenvalue weighted by atomic mass is 10.0. The van der Waals surface area contributed by atoms with Crippen molar-refractivity contribution in [3.8, 4) is 0 Å². The van der Waals surface area contributed by atoms with Gasteiger partial charge in [0.2, 0.25) is 5.91 Å². The summed E-state index contributed by atoms with van der Waals surface area (Å²) in [6.45, 7) is 1.53. The van der Waals surface area contributed by atoms with E-state index in [-0.39, 0.29) is 11.9 Å². The first-order valence-corrected chi connectivity index (χ1v) is 6.42. The molecule has 0 bridgehead atoms. The summed E-state index contributed by atoms with van der Waals surface area (Å²) in [5, 5.41) is 6.18. The minimum Gasteiger partial charge on any atom is -0.380 e. The van der Waals surface area contributed by atoms with Crippen molar-refractivity contribution in [3.63, 3.8) is 0 Å². The van der Waals surface area contributed by atoms with Crippen molar-refractivity contribution in [2.45, 2.75) is 31.9 Å². The second-order valence-electron chi connectivity index (χ2n) is 4.62. The Morgan fingerprint density at radius 2 is 2.17 bits per heavy atom. The highest BCUT2D eigenvalue weighted by molar-refractivity contribution is 5.94. The average Bonchev–Trinajstić information content (AvgIpc) is 2.42. The van der Waals surface area contributed by atoms with Crippen molar-refractivity contribution in [2.24, 2.45) is 0 Å². The summed E-state index contributed by atoms with van der Waals surface area (Å²) in [5.74, 6) is 0.0641. The first-order valence-electron chi connectivity index (χ1n) is 6.42. The molecule has 1 fully saturated rings. The van der Waals surface area contributed by atoms with Gasteiger partial charge in [-0.2, -0.15) is 0 Å². The average molecular weight is 248 g/mol. The Bertz CT molecular complexity index is 383. The van der Waals surface area contributed by atoms with Gasteiger partial charge < -0.3 is 15.4 Å². The van der Waals surface area contributed by atoms with E-state index in [1.807, 2.05) is 24.3 Å². The van der Waals surface area contributed by atoms with E-state index in [4.69, 9.17) is 4.74 Å². The molecule has 1 amide bonds. The third-order valence-corrected chi connectivity index (χ3v) is 3.16. The molecule has 0 aromatic heterocycles. The maximum Gasteiger partial charge on any atom is 0.241 e. The molecule has 1 atom stereocenters. The molecular formula is C14H20N2O2. The molecule has 2 N–H and O–H groups in total. The molecule has 98 valence electrons. The Labute approximate surface area is 108 Å². The molecule has 1 aliphatic rings. The molecule has 1 aliphatic heterocycles. The summed E-state index contributed by atoms with van der Waals surface area (Å²) >= 11 is 0. The van der Waals surface area contributed by atoms with Crippen LogP contribution in [-0.2, 0) is 16.1 Å². The number of hydrogen-bond donors (Lipinski definition) is 2. The summed E-state index contributed by atoms with van der Waals surface area (Å²) in [6.07, 6.45) is 3.21. The van der Waals surface area contributed by atoms with Crippen LogP contribution in [0.3, 0.4) is 0 Å². The van der Waals surface area contributed by atoms with Crippen LogP contribution in [0.1, 0.15) is 24.8 Å². The summed E-state index contributed by atoms with van der Waals surface area (Å²) in [5.41, 5.74) is 1.94. The molecule has 0 spiro atoms. The number of benzene rings is 1. The van der Waals surface area contributed by atoms with Crippen molar-refractivity contribution < 1.29 is 9.53 Å². The predicted molar refractivity (Wildman–Crippen MR) is 71.4 cm³/mol. The third kappa shape index (κ3) is 3.55. The number of rotatable bonds is 4. The predicted octanol–water partition coefficient (Wildman–Crippen LogP) is 1.91. The number of methoxy groups -OCH3 is 1. The van der Waals surface area contributed by atoms with Crippen molar-refractivity contribution in [3.05, 3.63) is 29.8 Å². The van der Waals surface area contributed by atoms with Gasteiger partial charge in [-0.05, 0) is 37.1 Å². The Hall–Kier alpha value is -1.39. The minimum atomic E-state index is -0.0441. The van der Waals surface area contributed by atoms with E-state index in [0.29, 0.717) is 6.61 Å². The lowest BCUT2D eigenvalue weighted by molar-refractivity contribution is -0.118. The van der Waals surface area contributed by atoms with E-state index in [0.717, 1.165) is 37.1 Å². The van der Waals surface area contributed by atoms with E-state index in [1.54, 1.807) is 7.11 Å². The monoisotopic (exact) mass is 248 g/mol. The van der Waals surface area contributed by atoms with Crippen LogP contribution in [0, 0.1) is 0 Å². The molecule has 0 aliphatic carbocycles. The maximum absolute atomic E-state index is 12.0. The van der Waals surface area contributed by atoms with Gasteiger partial charge in [0.1, 0.15) is 0 Å². The molecular weight excluding hydrogens is 228 g/mol. The normalized spacial score (nSPS) is 19.5. The van der Waals surface area contributed by atoms with Crippen molar-refractivity contribution in [2.75, 3.05) is 19.0 Å². The smallest absolute Gasteiger partial charge is 0.241 e. The molecule has 0 radical (unpaired) electrons. The number of ether oxygens (including phenoxy) is 1. The highest BCUT2D eigenvalue weighted by atomic mass is 16.5. The maximum atomic E-state index is 12.0. The molecule has 4 nitrogen and oxygen atoms in total. The Kier molecular flexibility index (Phi) is 4.73. The largest absolute Gasteiger partial charge is 0.380 e. The molecule has 1 aromatic carbocycles. The van der Waals surface area contributed by atoms with Gasteiger partial charge >= 0.3 is 0 Å². The van der Waals surface area contributed by atoms with Gasteiger partial charge in [-0.1, -0.05) is 18.6 Å². The fraction of sp³-hybridized carbons (Fsp3) is 0.500. The summed E-state index contributed by atoms with van der Waals surface area (Å²) in [4.78, 5) is 12.0. The van der Waals surface area contributed by atoms with Crippen molar-refractivity contribution >= 4 is 11.6 Å². The van der Waals surface area contributed by atoms with Gasteiger partial charge in [-0.25, -0.2) is 0 Å². The zero-order valence-corrected chi connectivity index (χ0v) is 10.7. The summed E-state index contributed by atoms with van der Waals surface area (Å²) in [7, 11) is 1.67. The number of carbonyl (C=O) groups excluding carboxylic acids is 1. The molecule has 1 saturated heterocycles. The molecule has 1 aromatic rings. The van der Waals surface area contributed by atoms with E-state index >= 15 is 0 Å². The Balaban J connectivity index is 1.89. The van der Waals surface area contributed by atoms with Gasteiger partial charge in [0.25, 0.3) is 0 Å². The van der Waals surface area contributed by atoms with Crippen LogP contribution in [0.25, 0.3) is 0 Å². The number of carbonyl (C=O) groups is 1. The minimum absolute atomic E-state index is 0.0441. The third-order valence-electron chi connectivity index (χ3n) is 3.16. The lowest BCUT2D eigenvalue weighted by Gasteiger charge is -2.22. The zero-order valence-electron chi connectivity index (χ0n) is 10.7. The van der Waals surface area contributed by atoms with Gasteiger partial charge in [0.05, 0.1) is 12.6 Å². The van der Waals surface area contributed by atoms with Crippen molar-refractivity contribution in [1.29, 1.82) is 0 Å². The molecule has 1 heterocycles. The second-order valence-corrected chi connectivity index (χ2v) is 4.62. The highest BCUT2D eigenvalue weighted by Gasteiger charge is 2.20. The topological polar surface area (TPSA) is 50.4 Å². The van der Waals surface area contributed by atoms with Crippen LogP contribution >= 0.6 is 0 Å². The van der Waals surface area contributed by atoms with Crippen LogP contribution in [0.4, 0.5) is 5.69 Å². The summed E-state index contributed by atoms with van der Waals surface area (Å²) < 4.78 is 5.05. The zero-order chi connectivity index (χ0) is 12.8. The van der Waals surface area contributed by atoms with Gasteiger partial charge in [0, 0.05) is 12.8 Å². The molecule has 18 heavy (non-hydrogen) atoms. The standard InChI is InChI=1S/C14H20N2O2/c1-18-10-11-5-7-12(8-6-11)16-14(17)13-4-2-3-9-15-13/h5-8,13,15H,2-4,9-10H2,1H3,(H,16,17). The number of nitrogens with one attached hydrogen (secondary N) is 2. The number of anilines is 1. The van der Waals surface area contributed by atoms with Crippen LogP contribution in [0.15, 0.2) is 24.3 Å². The number of hydrogen-bond acceptors (Lipinski definition) is 3. The number of piperidine rings is 1. The second kappa shape index (κ2) is 6.52. The van der Waals surface area contributed by atoms with Crippen LogP contribution in [0.2, 0.25) is 0 Å². The number of amides is 1. The fourth-order valence-corrected chi connectivity index (χ4v) is 2.16. The van der Waals surface area contributed by atoms with E-state index in [9.17, 15) is 4.79 Å². The van der Waals surface area contributed by atoms with Crippen molar-refractivity contribution in [1.82, 2.24) is 5.32 Å². The first-order chi connectivity index (χ1) is 8.79. The lowest BCUT2D eigenvalue weighted by Crippen LogP contribution is -2.43. The van der Waals surface area contributed by atoms with Crippen LogP contribution < -0.4 is 10.6 Å². The van der Waals surface area contributed by atoms with E-state index < -0.39 is 0 Å². The first kappa shape index (κ1) is 13.1. The molecule has 0 saturated carbocycles. The van der Waals surface area contributed by atoms with Gasteiger partial charge in [-0.3, -0.25) is 4.79 Å². The van der Waals surface area contributed by atoms with E-state index in [1.165, 1.54) is 0 Å². The fourth-order valence-electron chi connectivity index (χ4n) is 2.16. The SMILES string of the molecule is COCc1ccc(NC(=O)C2CCCCN2)cc1. The molecule has 1 unspecified atom stereocenters. The van der Waals surface area contributed by atoms with Crippen LogP contribution in [-0.4, -0.2) is 25.6 Å². The quantitative estimate of drug-likeness (QED) is 0.856. The van der Waals surface area contributed by atoms with Gasteiger partial charge in [0.15, 0.2) is 0 Å². The molecule has 2 rings (SSSR count). The highest BCUT2D eigenvalue weighted by Crippen LogP contribution is 2.13. The van der Waals surface area contributed by atoms with Gasteiger partial charge in [-0.15, -0.1) is 0 Å². The van der Waals surface area contributed by atoms with E-state index in [2.05, 4.69) is 10.6 Å². The Morgan fingerprint density at radius 1 is 1.39 bits per heavy atom.